The number of carbonyl (C=O) groups is 2. The minimum atomic E-state index is -0.483. The number of amides is 2. The molecule has 3 heterocycles. The van der Waals surface area contributed by atoms with Gasteiger partial charge in [-0.25, -0.2) is 0 Å². The highest BCUT2D eigenvalue weighted by Gasteiger charge is 2.27. The monoisotopic (exact) mass is 441 g/mol. The molecule has 2 N–H and O–H groups in total. The zero-order valence-electron chi connectivity index (χ0n) is 17.9. The van der Waals surface area contributed by atoms with Crippen molar-refractivity contribution in [3.05, 3.63) is 89.9 Å². The third-order valence-corrected chi connectivity index (χ3v) is 5.96. The van der Waals surface area contributed by atoms with Gasteiger partial charge >= 0.3 is 0 Å². The number of nitrogens with zero attached hydrogens (tertiary/aromatic N) is 4. The lowest BCUT2D eigenvalue weighted by Gasteiger charge is -2.31. The number of piperidine rings is 1. The molecule has 166 valence electrons. The van der Waals surface area contributed by atoms with Gasteiger partial charge in [-0.05, 0) is 73.5 Å². The van der Waals surface area contributed by atoms with E-state index in [-0.39, 0.29) is 11.8 Å². The first-order valence-corrected chi connectivity index (χ1v) is 10.9. The zero-order chi connectivity index (χ0) is 22.8. The van der Waals surface area contributed by atoms with Crippen LogP contribution in [0.4, 0.5) is 0 Å². The van der Waals surface area contributed by atoms with E-state index in [0.717, 1.165) is 24.3 Å². The minimum Gasteiger partial charge on any atom is -0.457 e. The molecule has 1 aliphatic heterocycles. The number of primary amides is 1. The molecule has 0 radical (unpaired) electrons. The maximum atomic E-state index is 13.0. The molecule has 1 saturated heterocycles. The Morgan fingerprint density at radius 1 is 0.848 bits per heavy atom. The van der Waals surface area contributed by atoms with Gasteiger partial charge in [0.15, 0.2) is 5.65 Å². The maximum Gasteiger partial charge on any atom is 0.253 e. The van der Waals surface area contributed by atoms with Gasteiger partial charge in [-0.3, -0.25) is 14.0 Å². The number of hydrogen-bond acceptors (Lipinski definition) is 5. The number of carbonyl (C=O) groups excluding carboxylic acids is 2. The maximum absolute atomic E-state index is 13.0. The Morgan fingerprint density at radius 2 is 1.48 bits per heavy atom. The average Bonchev–Trinajstić information content (AvgIpc) is 3.29. The summed E-state index contributed by atoms with van der Waals surface area (Å²) in [5.41, 5.74) is 7.14. The number of hydrogen-bond donors (Lipinski definition) is 1. The second kappa shape index (κ2) is 8.74. The highest BCUT2D eigenvalue weighted by Crippen LogP contribution is 2.28. The van der Waals surface area contributed by atoms with Crippen molar-refractivity contribution in [2.24, 2.45) is 5.73 Å². The minimum absolute atomic E-state index is 0.0110. The molecule has 8 heteroatoms. The summed E-state index contributed by atoms with van der Waals surface area (Å²) in [6.45, 7) is 1.35. The standard InChI is InChI=1S/C25H23N5O3/c26-23(31)17-4-8-20(9-5-17)33-21-10-6-19(7-11-21)25(32)29-15-12-18(13-16-29)24-28-27-22-3-1-2-14-30(22)24/h1-11,14,18H,12-13,15-16H2,(H2,26,31). The molecule has 1 fully saturated rings. The van der Waals surface area contributed by atoms with Crippen LogP contribution >= 0.6 is 0 Å². The number of fused-ring (bicyclic) bond motifs is 1. The van der Waals surface area contributed by atoms with Crippen LogP contribution in [0.5, 0.6) is 11.5 Å². The lowest BCUT2D eigenvalue weighted by atomic mass is 9.95. The number of nitrogens with two attached hydrogens (primary N) is 1. The average molecular weight is 441 g/mol. The van der Waals surface area contributed by atoms with Gasteiger partial charge < -0.3 is 15.4 Å². The van der Waals surface area contributed by atoms with Crippen LogP contribution in [-0.2, 0) is 0 Å². The second-order valence-corrected chi connectivity index (χ2v) is 8.07. The lowest BCUT2D eigenvalue weighted by Crippen LogP contribution is -2.38. The smallest absolute Gasteiger partial charge is 0.253 e. The van der Waals surface area contributed by atoms with Gasteiger partial charge in [0.25, 0.3) is 5.91 Å². The Morgan fingerprint density at radius 3 is 2.12 bits per heavy atom. The summed E-state index contributed by atoms with van der Waals surface area (Å²) in [4.78, 5) is 26.0. The Bertz CT molecular complexity index is 1290. The quantitative estimate of drug-likeness (QED) is 0.509. The largest absolute Gasteiger partial charge is 0.457 e. The predicted octanol–water partition coefficient (Wildman–Crippen LogP) is 3.64. The van der Waals surface area contributed by atoms with E-state index in [1.807, 2.05) is 33.7 Å². The summed E-state index contributed by atoms with van der Waals surface area (Å²) in [6.07, 6.45) is 3.69. The van der Waals surface area contributed by atoms with Crippen LogP contribution in [-0.4, -0.2) is 44.4 Å². The highest BCUT2D eigenvalue weighted by molar-refractivity contribution is 5.94. The van der Waals surface area contributed by atoms with Gasteiger partial charge in [0.1, 0.15) is 17.3 Å². The number of likely N-dealkylation sites (tertiary alicyclic amines) is 1. The summed E-state index contributed by atoms with van der Waals surface area (Å²) in [7, 11) is 0. The summed E-state index contributed by atoms with van der Waals surface area (Å²) in [6, 6.07) is 19.5. The van der Waals surface area contributed by atoms with Crippen LogP contribution in [0.3, 0.4) is 0 Å². The molecule has 0 aliphatic carbocycles. The van der Waals surface area contributed by atoms with Crippen molar-refractivity contribution >= 4 is 17.5 Å². The fourth-order valence-electron chi connectivity index (χ4n) is 4.15. The van der Waals surface area contributed by atoms with E-state index in [0.29, 0.717) is 35.7 Å². The third-order valence-electron chi connectivity index (χ3n) is 5.96. The molecule has 0 spiro atoms. The summed E-state index contributed by atoms with van der Waals surface area (Å²) >= 11 is 0. The molecule has 0 bridgehead atoms. The molecule has 0 saturated carbocycles. The van der Waals surface area contributed by atoms with E-state index < -0.39 is 5.91 Å². The van der Waals surface area contributed by atoms with E-state index in [9.17, 15) is 9.59 Å². The van der Waals surface area contributed by atoms with Crippen molar-refractivity contribution in [2.75, 3.05) is 13.1 Å². The van der Waals surface area contributed by atoms with Gasteiger partial charge in [-0.15, -0.1) is 10.2 Å². The highest BCUT2D eigenvalue weighted by atomic mass is 16.5. The van der Waals surface area contributed by atoms with Crippen molar-refractivity contribution in [1.82, 2.24) is 19.5 Å². The Kier molecular flexibility index (Phi) is 5.48. The van der Waals surface area contributed by atoms with Crippen LogP contribution in [0.2, 0.25) is 0 Å². The number of pyridine rings is 1. The van der Waals surface area contributed by atoms with Crippen molar-refractivity contribution in [3.63, 3.8) is 0 Å². The molecular weight excluding hydrogens is 418 g/mol. The first-order valence-electron chi connectivity index (χ1n) is 10.9. The number of aromatic nitrogens is 3. The molecule has 2 aromatic carbocycles. The van der Waals surface area contributed by atoms with Crippen LogP contribution < -0.4 is 10.5 Å². The van der Waals surface area contributed by atoms with E-state index in [2.05, 4.69) is 10.2 Å². The van der Waals surface area contributed by atoms with Gasteiger partial charge in [-0.1, -0.05) is 6.07 Å². The summed E-state index contributed by atoms with van der Waals surface area (Å²) < 4.78 is 7.82. The SMILES string of the molecule is NC(=O)c1ccc(Oc2ccc(C(=O)N3CCC(c4nnc5ccccn45)CC3)cc2)cc1. The number of benzene rings is 2. The topological polar surface area (TPSA) is 103 Å². The normalized spacial score (nSPS) is 14.4. The fraction of sp³-hybridized carbons (Fsp3) is 0.200. The summed E-state index contributed by atoms with van der Waals surface area (Å²) in [5, 5.41) is 8.62. The van der Waals surface area contributed by atoms with Crippen molar-refractivity contribution in [1.29, 1.82) is 0 Å². The molecule has 4 aromatic rings. The van der Waals surface area contributed by atoms with Gasteiger partial charge in [0, 0.05) is 36.3 Å². The first-order chi connectivity index (χ1) is 16.1. The Hall–Kier alpha value is -4.20. The molecule has 5 rings (SSSR count). The predicted molar refractivity (Wildman–Crippen MR) is 122 cm³/mol. The van der Waals surface area contributed by atoms with Crippen LogP contribution in [0.1, 0.15) is 45.3 Å². The van der Waals surface area contributed by atoms with Gasteiger partial charge in [-0.2, -0.15) is 0 Å². The summed E-state index contributed by atoms with van der Waals surface area (Å²) in [5.74, 6) is 1.96. The molecule has 2 amide bonds. The number of rotatable bonds is 5. The fourth-order valence-corrected chi connectivity index (χ4v) is 4.15. The van der Waals surface area contributed by atoms with Crippen LogP contribution in [0.15, 0.2) is 72.9 Å². The van der Waals surface area contributed by atoms with Crippen molar-refractivity contribution < 1.29 is 14.3 Å². The molecule has 0 unspecified atom stereocenters. The van der Waals surface area contributed by atoms with Crippen molar-refractivity contribution in [3.8, 4) is 11.5 Å². The van der Waals surface area contributed by atoms with Crippen LogP contribution in [0.25, 0.3) is 5.65 Å². The molecule has 33 heavy (non-hydrogen) atoms. The van der Waals surface area contributed by atoms with E-state index in [4.69, 9.17) is 10.5 Å². The molecule has 2 aromatic heterocycles. The van der Waals surface area contributed by atoms with E-state index in [1.165, 1.54) is 0 Å². The molecular formula is C25H23N5O3. The molecule has 0 atom stereocenters. The van der Waals surface area contributed by atoms with Gasteiger partial charge in [0.2, 0.25) is 5.91 Å². The van der Waals surface area contributed by atoms with E-state index >= 15 is 0 Å². The third kappa shape index (κ3) is 4.27. The molecule has 1 aliphatic rings. The molecule has 8 nitrogen and oxygen atoms in total. The van der Waals surface area contributed by atoms with E-state index in [1.54, 1.807) is 48.5 Å². The van der Waals surface area contributed by atoms with Gasteiger partial charge in [0.05, 0.1) is 0 Å². The van der Waals surface area contributed by atoms with Crippen molar-refractivity contribution in [2.45, 2.75) is 18.8 Å². The number of ether oxygens (including phenoxy) is 1. The Labute approximate surface area is 190 Å². The Balaban J connectivity index is 1.20. The lowest BCUT2D eigenvalue weighted by molar-refractivity contribution is 0.0710. The second-order valence-electron chi connectivity index (χ2n) is 8.07. The zero-order valence-corrected chi connectivity index (χ0v) is 17.9. The first kappa shape index (κ1) is 20.7. The van der Waals surface area contributed by atoms with Crippen LogP contribution in [0, 0.1) is 0 Å².